The number of carboxylic acids is 1. The van der Waals surface area contributed by atoms with E-state index in [9.17, 15) is 9.59 Å². The topological polar surface area (TPSA) is 101 Å². The first-order chi connectivity index (χ1) is 9.16. The van der Waals surface area contributed by atoms with Crippen LogP contribution in [0.25, 0.3) is 0 Å². The van der Waals surface area contributed by atoms with Gasteiger partial charge in [0.2, 0.25) is 5.91 Å². The number of aromatic carboxylic acids is 1. The number of nitrogens with one attached hydrogen (secondary N) is 1. The fraction of sp³-hybridized carbons (Fsp3) is 0.500. The molecular formula is C12H15N3O4. The van der Waals surface area contributed by atoms with Gasteiger partial charge in [0.1, 0.15) is 0 Å². The molecule has 1 aliphatic rings. The summed E-state index contributed by atoms with van der Waals surface area (Å²) < 4.78 is 5.41. The number of anilines is 1. The average molecular weight is 265 g/mol. The van der Waals surface area contributed by atoms with Gasteiger partial charge in [0.05, 0.1) is 6.10 Å². The van der Waals surface area contributed by atoms with Crippen molar-refractivity contribution in [3.05, 3.63) is 18.1 Å². The molecule has 19 heavy (non-hydrogen) atoms. The summed E-state index contributed by atoms with van der Waals surface area (Å²) in [6.07, 6.45) is 5.65. The number of amides is 1. The lowest BCUT2D eigenvalue weighted by Crippen LogP contribution is -2.18. The molecule has 1 amide bonds. The first kappa shape index (κ1) is 13.4. The first-order valence-electron chi connectivity index (χ1n) is 6.12. The molecule has 0 aromatic carbocycles. The summed E-state index contributed by atoms with van der Waals surface area (Å²) in [6.45, 7) is 0.750. The van der Waals surface area contributed by atoms with Crippen LogP contribution in [-0.4, -0.2) is 39.7 Å². The van der Waals surface area contributed by atoms with E-state index in [1.807, 2.05) is 0 Å². The number of carbonyl (C=O) groups excluding carboxylic acids is 1. The Kier molecular flexibility index (Phi) is 4.40. The summed E-state index contributed by atoms with van der Waals surface area (Å²) in [4.78, 5) is 30.1. The number of hydrogen-bond acceptors (Lipinski definition) is 5. The fourth-order valence-electron chi connectivity index (χ4n) is 1.94. The maximum absolute atomic E-state index is 11.7. The summed E-state index contributed by atoms with van der Waals surface area (Å²) in [7, 11) is 0. The predicted octanol–water partition coefficient (Wildman–Crippen LogP) is 1.07. The standard InChI is InChI=1S/C12H15N3O4/c16-9(4-3-8-2-1-7-19-8)15-11-10(12(17)18)13-5-6-14-11/h5-6,8H,1-4,7H2,(H,17,18)(H,14,15,16). The van der Waals surface area contributed by atoms with Gasteiger partial charge >= 0.3 is 5.97 Å². The zero-order valence-corrected chi connectivity index (χ0v) is 10.3. The molecule has 2 N–H and O–H groups in total. The van der Waals surface area contributed by atoms with E-state index < -0.39 is 5.97 Å². The lowest BCUT2D eigenvalue weighted by atomic mass is 10.1. The SMILES string of the molecule is O=C(CCC1CCCO1)Nc1nccnc1C(=O)O. The van der Waals surface area contributed by atoms with Crippen molar-refractivity contribution in [1.82, 2.24) is 9.97 Å². The second-order valence-electron chi connectivity index (χ2n) is 4.28. The largest absolute Gasteiger partial charge is 0.476 e. The highest BCUT2D eigenvalue weighted by Crippen LogP contribution is 2.17. The Hall–Kier alpha value is -2.02. The molecule has 2 rings (SSSR count). The van der Waals surface area contributed by atoms with Crippen LogP contribution in [0.2, 0.25) is 0 Å². The molecule has 1 atom stereocenters. The van der Waals surface area contributed by atoms with E-state index in [0.29, 0.717) is 6.42 Å². The van der Waals surface area contributed by atoms with Gasteiger partial charge in [0, 0.05) is 25.4 Å². The molecule has 1 aliphatic heterocycles. The summed E-state index contributed by atoms with van der Waals surface area (Å²) in [5.74, 6) is -1.52. The molecule has 1 saturated heterocycles. The second-order valence-corrected chi connectivity index (χ2v) is 4.28. The number of carbonyl (C=O) groups is 2. The van der Waals surface area contributed by atoms with E-state index in [1.54, 1.807) is 0 Å². The highest BCUT2D eigenvalue weighted by Gasteiger charge is 2.18. The van der Waals surface area contributed by atoms with E-state index in [0.717, 1.165) is 19.4 Å². The Morgan fingerprint density at radius 2 is 2.21 bits per heavy atom. The second kappa shape index (κ2) is 6.24. The molecule has 1 unspecified atom stereocenters. The number of rotatable bonds is 5. The van der Waals surface area contributed by atoms with Crippen LogP contribution in [0, 0.1) is 0 Å². The quantitative estimate of drug-likeness (QED) is 0.825. The highest BCUT2D eigenvalue weighted by atomic mass is 16.5. The number of carboxylic acid groups (broad SMARTS) is 1. The molecule has 7 nitrogen and oxygen atoms in total. The van der Waals surface area contributed by atoms with Crippen molar-refractivity contribution < 1.29 is 19.4 Å². The van der Waals surface area contributed by atoms with E-state index in [1.165, 1.54) is 12.4 Å². The molecule has 1 aromatic heterocycles. The predicted molar refractivity (Wildman–Crippen MR) is 65.8 cm³/mol. The van der Waals surface area contributed by atoms with Crippen molar-refractivity contribution in [3.8, 4) is 0 Å². The van der Waals surface area contributed by atoms with Crippen LogP contribution in [0.4, 0.5) is 5.82 Å². The Labute approximate surface area is 110 Å². The Balaban J connectivity index is 1.89. The minimum absolute atomic E-state index is 0.0210. The lowest BCUT2D eigenvalue weighted by Gasteiger charge is -2.09. The fourth-order valence-corrected chi connectivity index (χ4v) is 1.94. The molecule has 102 valence electrons. The minimum atomic E-state index is -1.22. The van der Waals surface area contributed by atoms with Crippen molar-refractivity contribution in [1.29, 1.82) is 0 Å². The van der Waals surface area contributed by atoms with Crippen LogP contribution < -0.4 is 5.32 Å². The molecule has 0 saturated carbocycles. The molecule has 0 radical (unpaired) electrons. The first-order valence-corrected chi connectivity index (χ1v) is 6.12. The third kappa shape index (κ3) is 3.72. The number of nitrogens with zero attached hydrogens (tertiary/aromatic N) is 2. The smallest absolute Gasteiger partial charge is 0.358 e. The number of aromatic nitrogens is 2. The molecule has 0 bridgehead atoms. The van der Waals surface area contributed by atoms with Gasteiger partial charge in [-0.25, -0.2) is 14.8 Å². The van der Waals surface area contributed by atoms with Crippen molar-refractivity contribution >= 4 is 17.7 Å². The third-order valence-electron chi connectivity index (χ3n) is 2.88. The van der Waals surface area contributed by atoms with Crippen molar-refractivity contribution in [2.75, 3.05) is 11.9 Å². The van der Waals surface area contributed by atoms with Crippen molar-refractivity contribution in [2.45, 2.75) is 31.8 Å². The van der Waals surface area contributed by atoms with Gasteiger partial charge in [-0.3, -0.25) is 4.79 Å². The number of ether oxygens (including phenoxy) is 1. The van der Waals surface area contributed by atoms with E-state index in [2.05, 4.69) is 15.3 Å². The van der Waals surface area contributed by atoms with Gasteiger partial charge in [0.15, 0.2) is 11.5 Å². The van der Waals surface area contributed by atoms with Gasteiger partial charge in [0.25, 0.3) is 0 Å². The van der Waals surface area contributed by atoms with Gasteiger partial charge in [-0.1, -0.05) is 0 Å². The normalized spacial score (nSPS) is 18.2. The Bertz CT molecular complexity index is 472. The van der Waals surface area contributed by atoms with E-state index in [-0.39, 0.29) is 29.9 Å². The zero-order valence-electron chi connectivity index (χ0n) is 10.3. The van der Waals surface area contributed by atoms with Gasteiger partial charge in [-0.15, -0.1) is 0 Å². The summed E-state index contributed by atoms with van der Waals surface area (Å²) in [6, 6.07) is 0. The number of hydrogen-bond donors (Lipinski definition) is 2. The molecule has 1 fully saturated rings. The van der Waals surface area contributed by atoms with Gasteiger partial charge in [-0.05, 0) is 19.3 Å². The van der Waals surface area contributed by atoms with Gasteiger partial charge < -0.3 is 15.2 Å². The van der Waals surface area contributed by atoms with Crippen LogP contribution >= 0.6 is 0 Å². The van der Waals surface area contributed by atoms with Gasteiger partial charge in [-0.2, -0.15) is 0 Å². The minimum Gasteiger partial charge on any atom is -0.476 e. The third-order valence-corrected chi connectivity index (χ3v) is 2.88. The van der Waals surface area contributed by atoms with Crippen LogP contribution in [0.3, 0.4) is 0 Å². The van der Waals surface area contributed by atoms with Crippen LogP contribution in [0.5, 0.6) is 0 Å². The maximum atomic E-state index is 11.7. The molecule has 7 heteroatoms. The Morgan fingerprint density at radius 1 is 1.42 bits per heavy atom. The molecule has 0 aliphatic carbocycles. The molecular weight excluding hydrogens is 250 g/mol. The molecule has 0 spiro atoms. The van der Waals surface area contributed by atoms with Crippen molar-refractivity contribution in [3.63, 3.8) is 0 Å². The van der Waals surface area contributed by atoms with Crippen LogP contribution in [0.15, 0.2) is 12.4 Å². The lowest BCUT2D eigenvalue weighted by molar-refractivity contribution is -0.116. The average Bonchev–Trinajstić information content (AvgIpc) is 2.90. The molecule has 1 aromatic rings. The van der Waals surface area contributed by atoms with Crippen molar-refractivity contribution in [2.24, 2.45) is 0 Å². The zero-order chi connectivity index (χ0) is 13.7. The van der Waals surface area contributed by atoms with Crippen LogP contribution in [0.1, 0.15) is 36.2 Å². The van der Waals surface area contributed by atoms with Crippen LogP contribution in [-0.2, 0) is 9.53 Å². The highest BCUT2D eigenvalue weighted by molar-refractivity contribution is 5.97. The monoisotopic (exact) mass is 265 g/mol. The Morgan fingerprint density at radius 3 is 2.89 bits per heavy atom. The van der Waals surface area contributed by atoms with E-state index in [4.69, 9.17) is 9.84 Å². The summed E-state index contributed by atoms with van der Waals surface area (Å²) in [5.41, 5.74) is -0.257. The summed E-state index contributed by atoms with van der Waals surface area (Å²) in [5, 5.41) is 11.4. The van der Waals surface area contributed by atoms with E-state index >= 15 is 0 Å². The summed E-state index contributed by atoms with van der Waals surface area (Å²) >= 11 is 0. The maximum Gasteiger partial charge on any atom is 0.358 e. The molecule has 2 heterocycles.